The van der Waals surface area contributed by atoms with Crippen LogP contribution in [-0.4, -0.2) is 9.97 Å². The molecule has 0 aliphatic heterocycles. The first kappa shape index (κ1) is 16.2. The molecule has 0 saturated carbocycles. The molecule has 0 amide bonds. The van der Waals surface area contributed by atoms with Crippen molar-refractivity contribution >= 4 is 0 Å². The van der Waals surface area contributed by atoms with Crippen LogP contribution in [0.25, 0.3) is 0 Å². The van der Waals surface area contributed by atoms with Gasteiger partial charge in [0.25, 0.3) is 0 Å². The van der Waals surface area contributed by atoms with Gasteiger partial charge in [-0.1, -0.05) is 40.0 Å². The Kier molecular flexibility index (Phi) is 8.79. The molecule has 0 radical (unpaired) electrons. The Bertz CT molecular complexity index is 338. The van der Waals surface area contributed by atoms with Crippen LogP contribution in [0.3, 0.4) is 0 Å². The topological polar surface area (TPSA) is 31.6 Å². The zero-order valence-electron chi connectivity index (χ0n) is 10.7. The largest absolute Gasteiger partial charge is 2.00 e. The molecule has 17 heavy (non-hydrogen) atoms. The molecule has 0 bridgehead atoms. The molecular weight excluding hydrogens is 297 g/mol. The van der Waals surface area contributed by atoms with Gasteiger partial charge in [0.1, 0.15) is 0 Å². The van der Waals surface area contributed by atoms with E-state index >= 15 is 0 Å². The molecule has 0 atom stereocenters. The van der Waals surface area contributed by atoms with Gasteiger partial charge in [-0.2, -0.15) is 29.5 Å². The van der Waals surface area contributed by atoms with Gasteiger partial charge in [0.15, 0.2) is 0 Å². The number of hydrogen-bond acceptors (Lipinski definition) is 0. The molecule has 2 aromatic heterocycles. The average Bonchev–Trinajstić information content (AvgIpc) is 3.00. The molecule has 2 rings (SSSR count). The standard InChI is InChI=1S/C10H16N.C4H4N.Ru/c1-4-8-7-11-10(6-3)9(8)5-2;1-2-4-5-3-1;/h11H,4-6H2,1-3H3;1-3,5H;/q2*-1;+2. The first-order valence-electron chi connectivity index (χ1n) is 5.93. The fourth-order valence-electron chi connectivity index (χ4n) is 1.75. The smallest absolute Gasteiger partial charge is 0.484 e. The van der Waals surface area contributed by atoms with E-state index in [0.717, 1.165) is 19.3 Å². The third-order valence-corrected chi connectivity index (χ3v) is 2.60. The molecule has 94 valence electrons. The summed E-state index contributed by atoms with van der Waals surface area (Å²) in [6.45, 7) is 6.56. The van der Waals surface area contributed by atoms with Gasteiger partial charge >= 0.3 is 19.5 Å². The summed E-state index contributed by atoms with van der Waals surface area (Å²) >= 11 is 0. The summed E-state index contributed by atoms with van der Waals surface area (Å²) in [7, 11) is 0. The van der Waals surface area contributed by atoms with Crippen molar-refractivity contribution in [3.63, 3.8) is 0 Å². The molecule has 0 aliphatic rings. The Morgan fingerprint density at radius 3 is 2.24 bits per heavy atom. The van der Waals surface area contributed by atoms with E-state index < -0.39 is 0 Å². The fourth-order valence-corrected chi connectivity index (χ4v) is 1.75. The predicted molar refractivity (Wildman–Crippen MR) is 67.4 cm³/mol. The molecule has 2 N–H and O–H groups in total. The first-order chi connectivity index (χ1) is 7.83. The third-order valence-electron chi connectivity index (χ3n) is 2.60. The molecule has 0 saturated heterocycles. The zero-order chi connectivity index (χ0) is 11.8. The maximum Gasteiger partial charge on any atom is 2.00 e. The maximum absolute atomic E-state index is 3.20. The predicted octanol–water partition coefficient (Wildman–Crippen LogP) is 3.31. The molecule has 0 aromatic carbocycles. The molecular formula is C14H20N2Ru. The zero-order valence-corrected chi connectivity index (χ0v) is 12.4. The SMILES string of the molecule is CCc1[c-][nH]c(CC)c1CC.[Ru+2].[c-]1ccc[nH]1. The Balaban J connectivity index is 0.000000360. The summed E-state index contributed by atoms with van der Waals surface area (Å²) in [5, 5.41) is 0. The number of aryl methyl sites for hydroxylation is 2. The molecule has 3 heteroatoms. The summed E-state index contributed by atoms with van der Waals surface area (Å²) < 4.78 is 0. The number of rotatable bonds is 3. The van der Waals surface area contributed by atoms with Crippen LogP contribution in [0, 0.1) is 12.4 Å². The second kappa shape index (κ2) is 9.24. The van der Waals surface area contributed by atoms with E-state index in [4.69, 9.17) is 0 Å². The van der Waals surface area contributed by atoms with Crippen molar-refractivity contribution in [2.24, 2.45) is 0 Å². The van der Waals surface area contributed by atoms with Gasteiger partial charge in [0.2, 0.25) is 0 Å². The van der Waals surface area contributed by atoms with Crippen LogP contribution in [0.2, 0.25) is 0 Å². The molecule has 0 fully saturated rings. The van der Waals surface area contributed by atoms with Gasteiger partial charge in [-0.15, -0.1) is 18.1 Å². The van der Waals surface area contributed by atoms with Crippen molar-refractivity contribution in [3.05, 3.63) is 47.5 Å². The van der Waals surface area contributed by atoms with Crippen molar-refractivity contribution in [1.82, 2.24) is 9.97 Å². The van der Waals surface area contributed by atoms with Crippen molar-refractivity contribution in [2.75, 3.05) is 0 Å². The van der Waals surface area contributed by atoms with Gasteiger partial charge in [-0.25, -0.2) is 0 Å². The molecule has 0 spiro atoms. The summed E-state index contributed by atoms with van der Waals surface area (Å²) in [5.41, 5.74) is 4.21. The van der Waals surface area contributed by atoms with Gasteiger partial charge in [0, 0.05) is 0 Å². The van der Waals surface area contributed by atoms with Crippen molar-refractivity contribution in [3.8, 4) is 0 Å². The Morgan fingerprint density at radius 1 is 1.12 bits per heavy atom. The van der Waals surface area contributed by atoms with Crippen LogP contribution < -0.4 is 0 Å². The Hall–Kier alpha value is -0.817. The number of aromatic amines is 2. The fraction of sp³-hybridized carbons (Fsp3) is 0.429. The number of H-pyrrole nitrogens is 2. The second-order valence-electron chi connectivity index (χ2n) is 3.56. The Labute approximate surface area is 117 Å². The minimum absolute atomic E-state index is 0. The van der Waals surface area contributed by atoms with E-state index in [1.54, 1.807) is 0 Å². The average molecular weight is 317 g/mol. The number of hydrogen-bond donors (Lipinski definition) is 2. The molecule has 0 unspecified atom stereocenters. The van der Waals surface area contributed by atoms with E-state index in [9.17, 15) is 0 Å². The van der Waals surface area contributed by atoms with E-state index in [-0.39, 0.29) is 19.5 Å². The summed E-state index contributed by atoms with van der Waals surface area (Å²) in [6.07, 6.45) is 11.1. The summed E-state index contributed by atoms with van der Waals surface area (Å²) in [4.78, 5) is 5.94. The van der Waals surface area contributed by atoms with Crippen LogP contribution in [0.15, 0.2) is 18.3 Å². The van der Waals surface area contributed by atoms with Gasteiger partial charge in [-0.05, 0) is 0 Å². The van der Waals surface area contributed by atoms with E-state index in [2.05, 4.69) is 43.1 Å². The van der Waals surface area contributed by atoms with Crippen LogP contribution in [0.4, 0.5) is 0 Å². The molecule has 2 heterocycles. The summed E-state index contributed by atoms with van der Waals surface area (Å²) in [6, 6.07) is 3.71. The van der Waals surface area contributed by atoms with Gasteiger partial charge < -0.3 is 9.97 Å². The van der Waals surface area contributed by atoms with E-state index in [0.29, 0.717) is 0 Å². The van der Waals surface area contributed by atoms with E-state index in [1.807, 2.05) is 18.3 Å². The molecule has 2 aromatic rings. The minimum Gasteiger partial charge on any atom is -0.484 e. The van der Waals surface area contributed by atoms with Crippen LogP contribution in [-0.2, 0) is 38.7 Å². The van der Waals surface area contributed by atoms with Crippen molar-refractivity contribution in [1.29, 1.82) is 0 Å². The Morgan fingerprint density at radius 2 is 1.88 bits per heavy atom. The molecule has 0 aliphatic carbocycles. The van der Waals surface area contributed by atoms with Crippen molar-refractivity contribution in [2.45, 2.75) is 40.0 Å². The van der Waals surface area contributed by atoms with Crippen molar-refractivity contribution < 1.29 is 19.5 Å². The van der Waals surface area contributed by atoms with Crippen LogP contribution in [0.5, 0.6) is 0 Å². The third kappa shape index (κ3) is 4.91. The van der Waals surface area contributed by atoms with E-state index in [1.165, 1.54) is 16.8 Å². The second-order valence-corrected chi connectivity index (χ2v) is 3.56. The minimum atomic E-state index is 0. The summed E-state index contributed by atoms with van der Waals surface area (Å²) in [5.74, 6) is 0. The number of aromatic nitrogens is 2. The first-order valence-corrected chi connectivity index (χ1v) is 5.93. The quantitative estimate of drug-likeness (QED) is 0.643. The van der Waals surface area contributed by atoms with Gasteiger partial charge in [0.05, 0.1) is 0 Å². The van der Waals surface area contributed by atoms with Gasteiger partial charge in [-0.3, -0.25) is 0 Å². The van der Waals surface area contributed by atoms with Crippen LogP contribution in [0.1, 0.15) is 37.6 Å². The monoisotopic (exact) mass is 318 g/mol. The maximum atomic E-state index is 3.20. The van der Waals surface area contributed by atoms with Crippen LogP contribution >= 0.6 is 0 Å². The normalized spacial score (nSPS) is 9.12. The number of nitrogens with one attached hydrogen (secondary N) is 2. The molecule has 2 nitrogen and oxygen atoms in total.